The van der Waals surface area contributed by atoms with Crippen LogP contribution in [0.25, 0.3) is 0 Å². The minimum Gasteiger partial charge on any atom is -0.379 e. The molecule has 0 unspecified atom stereocenters. The van der Waals surface area contributed by atoms with E-state index in [9.17, 15) is 14.9 Å². The van der Waals surface area contributed by atoms with Gasteiger partial charge in [-0.25, -0.2) is 0 Å². The summed E-state index contributed by atoms with van der Waals surface area (Å²) >= 11 is 0. The van der Waals surface area contributed by atoms with Crippen LogP contribution in [0, 0.1) is 22.0 Å². The SMILES string of the molecule is O=C(C#Cc1ccncc1)CCCCNc1ccccc1[N+](=O)[O-]. The molecule has 0 amide bonds. The molecule has 0 aliphatic rings. The summed E-state index contributed by atoms with van der Waals surface area (Å²) in [5, 5.41) is 13.9. The molecule has 1 aromatic heterocycles. The van der Waals surface area contributed by atoms with Crippen molar-refractivity contribution in [1.82, 2.24) is 4.98 Å². The van der Waals surface area contributed by atoms with Crippen LogP contribution < -0.4 is 5.32 Å². The quantitative estimate of drug-likeness (QED) is 0.366. The highest BCUT2D eigenvalue weighted by atomic mass is 16.6. The van der Waals surface area contributed by atoms with E-state index in [1.54, 1.807) is 42.7 Å². The number of nitrogens with one attached hydrogen (secondary N) is 1. The summed E-state index contributed by atoms with van der Waals surface area (Å²) in [6.07, 6.45) is 5.04. The summed E-state index contributed by atoms with van der Waals surface area (Å²) in [5.74, 6) is 5.29. The summed E-state index contributed by atoms with van der Waals surface area (Å²) in [6, 6.07) is 9.99. The molecule has 24 heavy (non-hydrogen) atoms. The summed E-state index contributed by atoms with van der Waals surface area (Å²) in [4.78, 5) is 26.1. The Morgan fingerprint density at radius 3 is 2.67 bits per heavy atom. The van der Waals surface area contributed by atoms with Gasteiger partial charge >= 0.3 is 0 Å². The molecule has 0 fully saturated rings. The van der Waals surface area contributed by atoms with Gasteiger partial charge in [0.05, 0.1) is 4.92 Å². The van der Waals surface area contributed by atoms with Gasteiger partial charge in [0.2, 0.25) is 5.78 Å². The van der Waals surface area contributed by atoms with Gasteiger partial charge in [-0.3, -0.25) is 19.9 Å². The maximum absolute atomic E-state index is 11.7. The lowest BCUT2D eigenvalue weighted by atomic mass is 10.1. The van der Waals surface area contributed by atoms with Crippen molar-refractivity contribution < 1.29 is 9.72 Å². The topological polar surface area (TPSA) is 85.1 Å². The number of benzene rings is 1. The van der Waals surface area contributed by atoms with E-state index in [-0.39, 0.29) is 11.5 Å². The van der Waals surface area contributed by atoms with Crippen LogP contribution >= 0.6 is 0 Å². The number of rotatable bonds is 7. The lowest BCUT2D eigenvalue weighted by Gasteiger charge is -2.06. The molecule has 122 valence electrons. The van der Waals surface area contributed by atoms with E-state index in [4.69, 9.17) is 0 Å². The molecule has 0 aliphatic carbocycles. The van der Waals surface area contributed by atoms with Gasteiger partial charge in [-0.1, -0.05) is 18.1 Å². The first-order valence-electron chi connectivity index (χ1n) is 7.59. The van der Waals surface area contributed by atoms with Crippen LogP contribution in [0.2, 0.25) is 0 Å². The molecule has 0 atom stereocenters. The first kappa shape index (κ1) is 17.2. The Labute approximate surface area is 140 Å². The molecular formula is C18H17N3O3. The van der Waals surface area contributed by atoms with Crippen LogP contribution in [-0.4, -0.2) is 22.2 Å². The number of pyridine rings is 1. The summed E-state index contributed by atoms with van der Waals surface area (Å²) in [5.41, 5.74) is 1.31. The zero-order valence-electron chi connectivity index (χ0n) is 13.1. The molecule has 0 bridgehead atoms. The monoisotopic (exact) mass is 323 g/mol. The number of ketones is 1. The highest BCUT2D eigenvalue weighted by molar-refractivity contribution is 5.95. The maximum Gasteiger partial charge on any atom is 0.292 e. The Bertz CT molecular complexity index is 764. The largest absolute Gasteiger partial charge is 0.379 e. The third-order valence-corrected chi connectivity index (χ3v) is 3.27. The molecule has 2 rings (SSSR count). The minimum absolute atomic E-state index is 0.0526. The third-order valence-electron chi connectivity index (χ3n) is 3.27. The van der Waals surface area contributed by atoms with Gasteiger partial charge in [0.25, 0.3) is 5.69 Å². The first-order valence-corrected chi connectivity index (χ1v) is 7.59. The number of nitrogens with zero attached hydrogens (tertiary/aromatic N) is 2. The van der Waals surface area contributed by atoms with Crippen molar-refractivity contribution in [3.63, 3.8) is 0 Å². The molecule has 0 saturated carbocycles. The van der Waals surface area contributed by atoms with Crippen LogP contribution in [0.3, 0.4) is 0 Å². The first-order chi connectivity index (χ1) is 11.7. The Hall–Kier alpha value is -3.20. The van der Waals surface area contributed by atoms with Crippen molar-refractivity contribution in [2.24, 2.45) is 0 Å². The molecule has 6 nitrogen and oxygen atoms in total. The normalized spacial score (nSPS) is 9.67. The fraction of sp³-hybridized carbons (Fsp3) is 0.222. The standard InChI is InChI=1S/C18H17N3O3/c22-16(9-8-15-10-13-19-14-11-15)5-3-4-12-20-17-6-1-2-7-18(17)21(23)24/h1-2,6-7,10-11,13-14,20H,3-5,12H2. The predicted molar refractivity (Wildman–Crippen MR) is 91.6 cm³/mol. The number of hydrogen-bond acceptors (Lipinski definition) is 5. The Balaban J connectivity index is 1.71. The maximum atomic E-state index is 11.7. The molecule has 0 aliphatic heterocycles. The summed E-state index contributed by atoms with van der Waals surface area (Å²) in [6.45, 7) is 0.565. The van der Waals surface area contributed by atoms with Gasteiger partial charge in [0, 0.05) is 37.0 Å². The lowest BCUT2D eigenvalue weighted by Crippen LogP contribution is -2.05. The number of hydrogen-bond donors (Lipinski definition) is 1. The number of nitro groups is 1. The van der Waals surface area contributed by atoms with Crippen LogP contribution in [-0.2, 0) is 4.79 Å². The average Bonchev–Trinajstić information content (AvgIpc) is 2.61. The van der Waals surface area contributed by atoms with E-state index in [0.717, 1.165) is 12.0 Å². The Morgan fingerprint density at radius 2 is 1.92 bits per heavy atom. The molecule has 1 aromatic carbocycles. The number of anilines is 1. The van der Waals surface area contributed by atoms with Gasteiger partial charge in [-0.15, -0.1) is 0 Å². The predicted octanol–water partition coefficient (Wildman–Crippen LogP) is 3.19. The molecular weight excluding hydrogens is 306 g/mol. The second-order valence-corrected chi connectivity index (χ2v) is 5.07. The number of nitro benzene ring substituents is 1. The number of carbonyl (C=O) groups is 1. The highest BCUT2D eigenvalue weighted by Crippen LogP contribution is 2.22. The van der Waals surface area contributed by atoms with E-state index in [0.29, 0.717) is 25.1 Å². The van der Waals surface area contributed by atoms with Crippen molar-refractivity contribution in [2.45, 2.75) is 19.3 Å². The van der Waals surface area contributed by atoms with Crippen LogP contribution in [0.5, 0.6) is 0 Å². The molecule has 1 heterocycles. The molecule has 0 saturated heterocycles. The number of Topliss-reactive ketones (excluding diaryl/α,β-unsaturated/α-hetero) is 1. The zero-order chi connectivity index (χ0) is 17.2. The van der Waals surface area contributed by atoms with Crippen LogP contribution in [0.1, 0.15) is 24.8 Å². The number of carbonyl (C=O) groups excluding carboxylic acids is 1. The van der Waals surface area contributed by atoms with Gasteiger partial charge in [0.15, 0.2) is 0 Å². The number of unbranched alkanes of at least 4 members (excludes halogenated alkanes) is 1. The van der Waals surface area contributed by atoms with E-state index >= 15 is 0 Å². The summed E-state index contributed by atoms with van der Waals surface area (Å²) < 4.78 is 0. The number of aromatic nitrogens is 1. The van der Waals surface area contributed by atoms with Crippen molar-refractivity contribution in [1.29, 1.82) is 0 Å². The second-order valence-electron chi connectivity index (χ2n) is 5.07. The number of para-hydroxylation sites is 2. The fourth-order valence-electron chi connectivity index (χ4n) is 2.06. The van der Waals surface area contributed by atoms with E-state index in [1.165, 1.54) is 6.07 Å². The average molecular weight is 323 g/mol. The van der Waals surface area contributed by atoms with E-state index < -0.39 is 4.92 Å². The summed E-state index contributed by atoms with van der Waals surface area (Å²) in [7, 11) is 0. The molecule has 6 heteroatoms. The Kier molecular flexibility index (Phi) is 6.47. The molecule has 0 radical (unpaired) electrons. The van der Waals surface area contributed by atoms with Gasteiger partial charge in [-0.2, -0.15) is 0 Å². The second kappa shape index (κ2) is 9.06. The van der Waals surface area contributed by atoms with Crippen LogP contribution in [0.15, 0.2) is 48.8 Å². The van der Waals surface area contributed by atoms with Crippen molar-refractivity contribution in [3.05, 3.63) is 64.5 Å². The van der Waals surface area contributed by atoms with Crippen molar-refractivity contribution in [2.75, 3.05) is 11.9 Å². The van der Waals surface area contributed by atoms with Crippen LogP contribution in [0.4, 0.5) is 11.4 Å². The Morgan fingerprint density at radius 1 is 1.17 bits per heavy atom. The molecule has 0 spiro atoms. The van der Waals surface area contributed by atoms with E-state index in [1.807, 2.05) is 0 Å². The van der Waals surface area contributed by atoms with Gasteiger partial charge < -0.3 is 5.32 Å². The zero-order valence-corrected chi connectivity index (χ0v) is 13.1. The van der Waals surface area contributed by atoms with Gasteiger partial charge in [-0.05, 0) is 37.0 Å². The smallest absolute Gasteiger partial charge is 0.292 e. The van der Waals surface area contributed by atoms with Crippen molar-refractivity contribution in [3.8, 4) is 11.8 Å². The van der Waals surface area contributed by atoms with Crippen molar-refractivity contribution >= 4 is 17.2 Å². The highest BCUT2D eigenvalue weighted by Gasteiger charge is 2.11. The third kappa shape index (κ3) is 5.54. The molecule has 1 N–H and O–H groups in total. The lowest BCUT2D eigenvalue weighted by molar-refractivity contribution is -0.384. The fourth-order valence-corrected chi connectivity index (χ4v) is 2.06. The van der Waals surface area contributed by atoms with Gasteiger partial charge in [0.1, 0.15) is 5.69 Å². The minimum atomic E-state index is -0.416. The molecule has 2 aromatic rings. The van der Waals surface area contributed by atoms with E-state index in [2.05, 4.69) is 22.1 Å².